The Hall–Kier alpha value is -1.45. The molecule has 86 valence electrons. The molecule has 4 heteroatoms. The first-order valence-electron chi connectivity index (χ1n) is 5.71. The van der Waals surface area contributed by atoms with Gasteiger partial charge in [-0.05, 0) is 18.3 Å². The molecule has 1 fully saturated rings. The molecule has 2 heterocycles. The molecule has 0 saturated carbocycles. The van der Waals surface area contributed by atoms with Crippen LogP contribution in [0.2, 0.25) is 0 Å². The lowest BCUT2D eigenvalue weighted by Gasteiger charge is -2.34. The second-order valence-corrected chi connectivity index (χ2v) is 4.79. The Morgan fingerprint density at radius 3 is 2.31 bits per heavy atom. The molecule has 0 amide bonds. The molecule has 2 atom stereocenters. The molecule has 0 spiro atoms. The minimum absolute atomic E-state index is 0.529. The minimum Gasteiger partial charge on any atom is -0.340 e. The molecule has 2 rings (SSSR count). The van der Waals surface area contributed by atoms with Gasteiger partial charge in [-0.25, -0.2) is 9.97 Å². The summed E-state index contributed by atoms with van der Waals surface area (Å²) in [5.41, 5.74) is 0.529. The number of carbonyl (C=O) groups is 1. The number of rotatable bonds is 2. The molecule has 0 aliphatic carbocycles. The van der Waals surface area contributed by atoms with Gasteiger partial charge in [-0.15, -0.1) is 0 Å². The number of carbonyl (C=O) groups excluding carboxylic acids is 1. The molecular formula is C12H17N3O. The Kier molecular flexibility index (Phi) is 3.17. The van der Waals surface area contributed by atoms with Crippen LogP contribution in [0.1, 0.15) is 30.6 Å². The van der Waals surface area contributed by atoms with Gasteiger partial charge in [-0.3, -0.25) is 4.79 Å². The van der Waals surface area contributed by atoms with Gasteiger partial charge in [-0.2, -0.15) is 0 Å². The number of aromatic nitrogens is 2. The average molecular weight is 219 g/mol. The van der Waals surface area contributed by atoms with Crippen LogP contribution in [0.15, 0.2) is 12.4 Å². The third-order valence-corrected chi connectivity index (χ3v) is 2.95. The molecular weight excluding hydrogens is 202 g/mol. The highest BCUT2D eigenvalue weighted by Gasteiger charge is 2.23. The van der Waals surface area contributed by atoms with Crippen molar-refractivity contribution in [2.24, 2.45) is 11.8 Å². The van der Waals surface area contributed by atoms with Crippen LogP contribution in [0.3, 0.4) is 0 Å². The van der Waals surface area contributed by atoms with Crippen molar-refractivity contribution in [3.63, 3.8) is 0 Å². The molecule has 1 aliphatic rings. The van der Waals surface area contributed by atoms with Crippen molar-refractivity contribution in [3.05, 3.63) is 18.0 Å². The first-order chi connectivity index (χ1) is 7.69. The fourth-order valence-electron chi connectivity index (χ4n) is 2.38. The lowest BCUT2D eigenvalue weighted by molar-refractivity contribution is 0.112. The Morgan fingerprint density at radius 1 is 1.25 bits per heavy atom. The molecule has 1 aromatic rings. The molecule has 1 saturated heterocycles. The summed E-state index contributed by atoms with van der Waals surface area (Å²) in [5, 5.41) is 0. The highest BCUT2D eigenvalue weighted by atomic mass is 16.1. The molecule has 0 N–H and O–H groups in total. The number of hydrogen-bond acceptors (Lipinski definition) is 4. The quantitative estimate of drug-likeness (QED) is 0.711. The van der Waals surface area contributed by atoms with E-state index in [0.717, 1.165) is 25.3 Å². The maximum Gasteiger partial charge on any atom is 0.225 e. The predicted molar refractivity (Wildman–Crippen MR) is 62.6 cm³/mol. The van der Waals surface area contributed by atoms with Crippen molar-refractivity contribution in [1.29, 1.82) is 0 Å². The number of nitrogens with zero attached hydrogens (tertiary/aromatic N) is 3. The zero-order valence-electron chi connectivity index (χ0n) is 9.76. The van der Waals surface area contributed by atoms with E-state index in [9.17, 15) is 4.79 Å². The summed E-state index contributed by atoms with van der Waals surface area (Å²) in [6.07, 6.45) is 5.20. The second-order valence-electron chi connectivity index (χ2n) is 4.79. The largest absolute Gasteiger partial charge is 0.340 e. The molecule has 0 bridgehead atoms. The zero-order chi connectivity index (χ0) is 11.5. The van der Waals surface area contributed by atoms with Gasteiger partial charge in [0.15, 0.2) is 6.29 Å². The van der Waals surface area contributed by atoms with E-state index in [1.165, 1.54) is 6.42 Å². The topological polar surface area (TPSA) is 46.1 Å². The summed E-state index contributed by atoms with van der Waals surface area (Å²) < 4.78 is 0. The van der Waals surface area contributed by atoms with Gasteiger partial charge < -0.3 is 4.90 Å². The summed E-state index contributed by atoms with van der Waals surface area (Å²) in [7, 11) is 0. The van der Waals surface area contributed by atoms with Crippen molar-refractivity contribution < 1.29 is 4.79 Å². The molecule has 0 radical (unpaired) electrons. The van der Waals surface area contributed by atoms with Gasteiger partial charge in [0.25, 0.3) is 0 Å². The molecule has 0 aromatic carbocycles. The highest BCUT2D eigenvalue weighted by molar-refractivity contribution is 5.73. The van der Waals surface area contributed by atoms with Crippen LogP contribution in [0.25, 0.3) is 0 Å². The standard InChI is InChI=1S/C12H17N3O/c1-9-3-10(2)7-15(6-9)12-13-4-11(8-16)5-14-12/h4-5,8-10H,3,6-7H2,1-2H3. The van der Waals surface area contributed by atoms with Gasteiger partial charge in [0.1, 0.15) is 0 Å². The first-order valence-corrected chi connectivity index (χ1v) is 5.71. The van der Waals surface area contributed by atoms with E-state index < -0.39 is 0 Å². The number of piperidine rings is 1. The molecule has 4 nitrogen and oxygen atoms in total. The van der Waals surface area contributed by atoms with Crippen LogP contribution in [0.5, 0.6) is 0 Å². The summed E-state index contributed by atoms with van der Waals surface area (Å²) >= 11 is 0. The normalized spacial score (nSPS) is 25.5. The van der Waals surface area contributed by atoms with E-state index in [2.05, 4.69) is 28.7 Å². The van der Waals surface area contributed by atoms with E-state index in [1.807, 2.05) is 0 Å². The van der Waals surface area contributed by atoms with E-state index in [4.69, 9.17) is 0 Å². The van der Waals surface area contributed by atoms with Crippen LogP contribution in [0, 0.1) is 11.8 Å². The fourth-order valence-corrected chi connectivity index (χ4v) is 2.38. The van der Waals surface area contributed by atoms with E-state index in [-0.39, 0.29) is 0 Å². The van der Waals surface area contributed by atoms with Crippen LogP contribution >= 0.6 is 0 Å². The average Bonchev–Trinajstić information content (AvgIpc) is 2.28. The Morgan fingerprint density at radius 2 is 1.81 bits per heavy atom. The Balaban J connectivity index is 2.13. The third kappa shape index (κ3) is 2.38. The van der Waals surface area contributed by atoms with Crippen LogP contribution in [0.4, 0.5) is 5.95 Å². The molecule has 16 heavy (non-hydrogen) atoms. The Bertz CT molecular complexity index is 353. The SMILES string of the molecule is CC1CC(C)CN(c2ncc(C=O)cn2)C1. The Labute approximate surface area is 95.7 Å². The molecule has 2 unspecified atom stereocenters. The van der Waals surface area contributed by atoms with Crippen molar-refractivity contribution in [1.82, 2.24) is 9.97 Å². The van der Waals surface area contributed by atoms with Crippen molar-refractivity contribution in [3.8, 4) is 0 Å². The lowest BCUT2D eigenvalue weighted by Crippen LogP contribution is -2.39. The number of aldehydes is 1. The van der Waals surface area contributed by atoms with Crippen LogP contribution < -0.4 is 4.90 Å². The van der Waals surface area contributed by atoms with E-state index in [0.29, 0.717) is 17.4 Å². The van der Waals surface area contributed by atoms with E-state index in [1.54, 1.807) is 12.4 Å². The van der Waals surface area contributed by atoms with Gasteiger partial charge >= 0.3 is 0 Å². The zero-order valence-corrected chi connectivity index (χ0v) is 9.76. The van der Waals surface area contributed by atoms with Gasteiger partial charge in [0.2, 0.25) is 5.95 Å². The maximum atomic E-state index is 10.5. The summed E-state index contributed by atoms with van der Waals surface area (Å²) in [6.45, 7) is 6.51. The van der Waals surface area contributed by atoms with Crippen molar-refractivity contribution in [2.45, 2.75) is 20.3 Å². The number of hydrogen-bond donors (Lipinski definition) is 0. The van der Waals surface area contributed by atoms with Gasteiger partial charge in [0.05, 0.1) is 5.56 Å². The van der Waals surface area contributed by atoms with Gasteiger partial charge in [-0.1, -0.05) is 13.8 Å². The van der Waals surface area contributed by atoms with Crippen LogP contribution in [-0.2, 0) is 0 Å². The fraction of sp³-hybridized carbons (Fsp3) is 0.583. The second kappa shape index (κ2) is 4.60. The first kappa shape index (κ1) is 11.0. The monoisotopic (exact) mass is 219 g/mol. The van der Waals surface area contributed by atoms with Crippen LogP contribution in [-0.4, -0.2) is 29.3 Å². The molecule has 1 aromatic heterocycles. The lowest BCUT2D eigenvalue weighted by atomic mass is 9.92. The summed E-state index contributed by atoms with van der Waals surface area (Å²) in [4.78, 5) is 21.2. The van der Waals surface area contributed by atoms with E-state index >= 15 is 0 Å². The maximum absolute atomic E-state index is 10.5. The summed E-state index contributed by atoms with van der Waals surface area (Å²) in [5.74, 6) is 2.10. The highest BCUT2D eigenvalue weighted by Crippen LogP contribution is 2.23. The summed E-state index contributed by atoms with van der Waals surface area (Å²) in [6, 6.07) is 0. The van der Waals surface area contributed by atoms with Crippen molar-refractivity contribution in [2.75, 3.05) is 18.0 Å². The third-order valence-electron chi connectivity index (χ3n) is 2.95. The van der Waals surface area contributed by atoms with Crippen molar-refractivity contribution >= 4 is 12.2 Å². The smallest absolute Gasteiger partial charge is 0.225 e. The van der Waals surface area contributed by atoms with Gasteiger partial charge in [0, 0.05) is 25.5 Å². The number of anilines is 1. The minimum atomic E-state index is 0.529. The predicted octanol–water partition coefficient (Wildman–Crippen LogP) is 1.77. The molecule has 1 aliphatic heterocycles.